The summed E-state index contributed by atoms with van der Waals surface area (Å²) in [5, 5.41) is 6.80. The maximum atomic E-state index is 12.0. The third kappa shape index (κ3) is 8.89. The van der Waals surface area contributed by atoms with Gasteiger partial charge < -0.3 is 20.3 Å². The Morgan fingerprint density at radius 3 is 2.67 bits per heavy atom. The highest BCUT2D eigenvalue weighted by Crippen LogP contribution is 2.27. The van der Waals surface area contributed by atoms with Crippen molar-refractivity contribution in [2.45, 2.75) is 18.9 Å². The van der Waals surface area contributed by atoms with Crippen molar-refractivity contribution in [2.75, 3.05) is 65.9 Å². The highest BCUT2D eigenvalue weighted by molar-refractivity contribution is 14.0. The van der Waals surface area contributed by atoms with Crippen LogP contribution in [-0.4, -0.2) is 87.6 Å². The van der Waals surface area contributed by atoms with Crippen molar-refractivity contribution in [1.29, 1.82) is 0 Å². The lowest BCUT2D eigenvalue weighted by Gasteiger charge is -2.29. The molecule has 0 radical (unpaired) electrons. The number of carbonyl (C=O) groups is 1. The fourth-order valence-electron chi connectivity index (χ4n) is 3.29. The van der Waals surface area contributed by atoms with Crippen molar-refractivity contribution in [3.05, 3.63) is 29.8 Å². The second-order valence-electron chi connectivity index (χ2n) is 7.29. The van der Waals surface area contributed by atoms with Gasteiger partial charge in [-0.2, -0.15) is 11.8 Å². The Kier molecular flexibility index (Phi) is 13.2. The van der Waals surface area contributed by atoms with Crippen LogP contribution in [0.2, 0.25) is 0 Å². The number of halogens is 1. The average molecular weight is 550 g/mol. The zero-order chi connectivity index (χ0) is 21.1. The lowest BCUT2D eigenvalue weighted by atomic mass is 10.1. The van der Waals surface area contributed by atoms with Crippen molar-refractivity contribution in [3.8, 4) is 5.75 Å². The van der Waals surface area contributed by atoms with Crippen molar-refractivity contribution in [2.24, 2.45) is 4.99 Å². The third-order valence-electron chi connectivity index (χ3n) is 4.99. The molecule has 0 aliphatic carbocycles. The van der Waals surface area contributed by atoms with E-state index in [4.69, 9.17) is 4.74 Å². The molecule has 1 amide bonds. The number of hydrogen-bond acceptors (Lipinski definition) is 5. The highest BCUT2D eigenvalue weighted by Gasteiger charge is 2.24. The first kappa shape index (κ1) is 26.8. The van der Waals surface area contributed by atoms with E-state index in [0.29, 0.717) is 12.5 Å². The normalized spacial score (nSPS) is 15.3. The zero-order valence-corrected chi connectivity index (χ0v) is 21.7. The van der Waals surface area contributed by atoms with E-state index >= 15 is 0 Å². The number of benzene rings is 1. The number of amides is 1. The Morgan fingerprint density at radius 2 is 2.03 bits per heavy atom. The second-order valence-corrected chi connectivity index (χ2v) is 8.27. The van der Waals surface area contributed by atoms with Gasteiger partial charge >= 0.3 is 0 Å². The van der Waals surface area contributed by atoms with Gasteiger partial charge in [0.25, 0.3) is 0 Å². The summed E-state index contributed by atoms with van der Waals surface area (Å²) in [6.45, 7) is 3.84. The Hall–Kier alpha value is -1.20. The number of carbonyl (C=O) groups excluding carboxylic acids is 1. The number of likely N-dealkylation sites (N-methyl/N-ethyl adjacent to an activating group) is 1. The fourth-order valence-corrected chi connectivity index (χ4v) is 3.59. The molecule has 0 spiro atoms. The molecule has 1 saturated heterocycles. The molecule has 2 rings (SSSR count). The van der Waals surface area contributed by atoms with Gasteiger partial charge in [0.05, 0.1) is 13.2 Å². The minimum Gasteiger partial charge on any atom is -0.497 e. The van der Waals surface area contributed by atoms with Crippen molar-refractivity contribution >= 4 is 47.6 Å². The number of ether oxygens (including phenoxy) is 1. The first-order chi connectivity index (χ1) is 14.0. The van der Waals surface area contributed by atoms with Gasteiger partial charge in [-0.3, -0.25) is 9.69 Å². The van der Waals surface area contributed by atoms with Crippen LogP contribution in [0.15, 0.2) is 29.3 Å². The van der Waals surface area contributed by atoms with Crippen LogP contribution in [0.1, 0.15) is 24.4 Å². The van der Waals surface area contributed by atoms with E-state index in [1.54, 1.807) is 37.9 Å². The number of methoxy groups -OCH3 is 1. The largest absolute Gasteiger partial charge is 0.497 e. The molecule has 30 heavy (non-hydrogen) atoms. The molecule has 0 bridgehead atoms. The van der Waals surface area contributed by atoms with E-state index < -0.39 is 0 Å². The van der Waals surface area contributed by atoms with E-state index in [-0.39, 0.29) is 42.5 Å². The van der Waals surface area contributed by atoms with Gasteiger partial charge in [0, 0.05) is 32.9 Å². The van der Waals surface area contributed by atoms with Crippen LogP contribution in [-0.2, 0) is 4.79 Å². The van der Waals surface area contributed by atoms with E-state index in [1.165, 1.54) is 18.4 Å². The maximum Gasteiger partial charge on any atom is 0.243 e. The van der Waals surface area contributed by atoms with Crippen LogP contribution in [0.4, 0.5) is 0 Å². The molecule has 0 aromatic heterocycles. The second kappa shape index (κ2) is 14.7. The number of thioether (sulfide) groups is 1. The molecule has 170 valence electrons. The van der Waals surface area contributed by atoms with Gasteiger partial charge in [-0.05, 0) is 49.9 Å². The lowest BCUT2D eigenvalue weighted by molar-refractivity contribution is -0.127. The monoisotopic (exact) mass is 549 g/mol. The summed E-state index contributed by atoms with van der Waals surface area (Å²) in [5.74, 6) is 2.52. The zero-order valence-electron chi connectivity index (χ0n) is 18.5. The summed E-state index contributed by atoms with van der Waals surface area (Å²) in [5.41, 5.74) is 1.23. The maximum absolute atomic E-state index is 12.0. The van der Waals surface area contributed by atoms with Crippen molar-refractivity contribution < 1.29 is 9.53 Å². The molecule has 1 aliphatic rings. The standard InChI is InChI=1S/C21H35N5O2S.HI/c1-25(2)20(27)16-24-21(22-10-13-29-4)23-15-19(26-11-5-6-12-26)17-8-7-9-18(14-17)28-3;/h7-9,14,19H,5-6,10-13,15-16H2,1-4H3,(H2,22,23,24);1H. The molecule has 1 aliphatic heterocycles. The predicted molar refractivity (Wildman–Crippen MR) is 137 cm³/mol. The topological polar surface area (TPSA) is 69.2 Å². The first-order valence-corrected chi connectivity index (χ1v) is 11.5. The molecule has 1 heterocycles. The van der Waals surface area contributed by atoms with Gasteiger partial charge in [-0.15, -0.1) is 24.0 Å². The fraction of sp³-hybridized carbons (Fsp3) is 0.619. The number of likely N-dealkylation sites (tertiary alicyclic amines) is 1. The van der Waals surface area contributed by atoms with Crippen LogP contribution in [0.25, 0.3) is 0 Å². The Balaban J connectivity index is 0.00000450. The Bertz CT molecular complexity index is 669. The van der Waals surface area contributed by atoms with Crippen LogP contribution in [0, 0.1) is 0 Å². The summed E-state index contributed by atoms with van der Waals surface area (Å²) >= 11 is 1.78. The van der Waals surface area contributed by atoms with Gasteiger partial charge in [0.15, 0.2) is 5.96 Å². The molecule has 7 nitrogen and oxygen atoms in total. The molecule has 1 aromatic carbocycles. The van der Waals surface area contributed by atoms with Gasteiger partial charge in [0.1, 0.15) is 12.3 Å². The van der Waals surface area contributed by atoms with Crippen molar-refractivity contribution in [3.63, 3.8) is 0 Å². The molecule has 1 unspecified atom stereocenters. The van der Waals surface area contributed by atoms with Gasteiger partial charge in [0.2, 0.25) is 5.91 Å². The number of guanidine groups is 1. The molecule has 2 N–H and O–H groups in total. The summed E-state index contributed by atoms with van der Waals surface area (Å²) in [7, 11) is 5.20. The molecule has 0 saturated carbocycles. The number of nitrogens with zero attached hydrogens (tertiary/aromatic N) is 3. The minimum atomic E-state index is -0.0140. The van der Waals surface area contributed by atoms with Crippen molar-refractivity contribution in [1.82, 2.24) is 20.4 Å². The van der Waals surface area contributed by atoms with E-state index in [9.17, 15) is 4.79 Å². The predicted octanol–water partition coefficient (Wildman–Crippen LogP) is 2.44. The van der Waals surface area contributed by atoms with Crippen LogP contribution in [0.5, 0.6) is 5.75 Å². The highest BCUT2D eigenvalue weighted by atomic mass is 127. The number of rotatable bonds is 10. The summed E-state index contributed by atoms with van der Waals surface area (Å²) in [6.07, 6.45) is 4.53. The lowest BCUT2D eigenvalue weighted by Crippen LogP contribution is -2.44. The SMILES string of the molecule is COc1cccc(C(CNC(=NCC(=O)N(C)C)NCCSC)N2CCCC2)c1.I. The summed E-state index contributed by atoms with van der Waals surface area (Å²) in [4.78, 5) is 20.5. The quantitative estimate of drug-likeness (QED) is 0.202. The minimum absolute atomic E-state index is 0. The smallest absolute Gasteiger partial charge is 0.243 e. The van der Waals surface area contributed by atoms with Crippen LogP contribution < -0.4 is 15.4 Å². The molecule has 1 fully saturated rings. The van der Waals surface area contributed by atoms with Gasteiger partial charge in [-0.25, -0.2) is 4.99 Å². The van der Waals surface area contributed by atoms with E-state index in [2.05, 4.69) is 38.9 Å². The molecular formula is C21H36IN5O2S. The molecular weight excluding hydrogens is 513 g/mol. The van der Waals surface area contributed by atoms with Gasteiger partial charge in [-0.1, -0.05) is 12.1 Å². The number of aliphatic imine (C=N–C) groups is 1. The molecule has 1 aromatic rings. The average Bonchev–Trinajstić information content (AvgIpc) is 3.26. The first-order valence-electron chi connectivity index (χ1n) is 10.1. The molecule has 9 heteroatoms. The summed E-state index contributed by atoms with van der Waals surface area (Å²) in [6, 6.07) is 8.50. The van der Waals surface area contributed by atoms with E-state index in [1.807, 2.05) is 12.1 Å². The Labute approximate surface area is 202 Å². The summed E-state index contributed by atoms with van der Waals surface area (Å²) < 4.78 is 5.43. The van der Waals surface area contributed by atoms with Crippen LogP contribution >= 0.6 is 35.7 Å². The number of hydrogen-bond donors (Lipinski definition) is 2. The van der Waals surface area contributed by atoms with Crippen LogP contribution in [0.3, 0.4) is 0 Å². The number of nitrogens with one attached hydrogen (secondary N) is 2. The Morgan fingerprint density at radius 1 is 1.30 bits per heavy atom. The molecule has 1 atom stereocenters. The third-order valence-corrected chi connectivity index (χ3v) is 5.61. The van der Waals surface area contributed by atoms with E-state index in [0.717, 1.165) is 31.1 Å².